The van der Waals surface area contributed by atoms with Gasteiger partial charge in [-0.1, -0.05) is 0 Å². The molecule has 3 nitrogen and oxygen atoms in total. The Morgan fingerprint density at radius 3 is 1.86 bits per heavy atom. The van der Waals surface area contributed by atoms with Crippen LogP contribution in [0.25, 0.3) is 10.8 Å². The number of rotatable bonds is 4. The number of ether oxygens (including phenoxy) is 2. The van der Waals surface area contributed by atoms with Crippen LogP contribution >= 0.6 is 0 Å². The maximum absolute atomic E-state index is 13.1. The van der Waals surface area contributed by atoms with Crippen LogP contribution in [0.1, 0.15) is 22.4 Å². The molecule has 2 aromatic carbocycles. The number of fused-ring (bicyclic) bond motifs is 1. The van der Waals surface area contributed by atoms with Crippen molar-refractivity contribution in [2.75, 3.05) is 14.2 Å². The highest BCUT2D eigenvalue weighted by Crippen LogP contribution is 2.38. The molecule has 0 saturated heterocycles. The highest BCUT2D eigenvalue weighted by atomic mass is 19.4. The zero-order valence-corrected chi connectivity index (χ0v) is 15.3. The van der Waals surface area contributed by atoms with Gasteiger partial charge in [-0.25, -0.2) is 0 Å². The number of hydrogen-bond donors (Lipinski definition) is 0. The van der Waals surface area contributed by atoms with Crippen LogP contribution in [0.3, 0.4) is 0 Å². The molecule has 0 aliphatic heterocycles. The van der Waals surface area contributed by atoms with Gasteiger partial charge in [0.05, 0.1) is 31.0 Å². The molecule has 154 valence electrons. The molecule has 29 heavy (non-hydrogen) atoms. The monoisotopic (exact) mass is 415 g/mol. The van der Waals surface area contributed by atoms with Gasteiger partial charge in [0.2, 0.25) is 0 Å². The van der Waals surface area contributed by atoms with Crippen molar-refractivity contribution < 1.29 is 35.8 Å². The van der Waals surface area contributed by atoms with Crippen molar-refractivity contribution in [3.05, 3.63) is 65.0 Å². The molecule has 3 aromatic rings. The second-order valence-electron chi connectivity index (χ2n) is 6.28. The van der Waals surface area contributed by atoms with Gasteiger partial charge in [-0.2, -0.15) is 26.3 Å². The van der Waals surface area contributed by atoms with Gasteiger partial charge in [-0.15, -0.1) is 0 Å². The lowest BCUT2D eigenvalue weighted by atomic mass is 9.99. The Morgan fingerprint density at radius 2 is 1.34 bits per heavy atom. The van der Waals surface area contributed by atoms with Crippen LogP contribution < -0.4 is 9.47 Å². The standard InChI is InChI=1S/C20H15F6NO2/c1-28-17-8-12-3-4-27-16(15(12)10-18(17)29-2)7-11-5-13(19(21,22)23)9-14(6-11)20(24,25)26/h3-6,8-10H,7H2,1-2H3. The lowest BCUT2D eigenvalue weighted by molar-refractivity contribution is -0.143. The van der Waals surface area contributed by atoms with E-state index >= 15 is 0 Å². The van der Waals surface area contributed by atoms with Crippen LogP contribution in [-0.4, -0.2) is 19.2 Å². The van der Waals surface area contributed by atoms with E-state index in [0.29, 0.717) is 40.1 Å². The summed E-state index contributed by atoms with van der Waals surface area (Å²) in [5.74, 6) is 0.810. The molecule has 0 aliphatic rings. The van der Waals surface area contributed by atoms with E-state index in [-0.39, 0.29) is 18.1 Å². The summed E-state index contributed by atoms with van der Waals surface area (Å²) in [4.78, 5) is 4.16. The van der Waals surface area contributed by atoms with E-state index in [9.17, 15) is 26.3 Å². The van der Waals surface area contributed by atoms with E-state index in [1.54, 1.807) is 18.2 Å². The Bertz CT molecular complexity index is 1010. The third-order valence-corrected chi connectivity index (χ3v) is 4.37. The molecule has 0 N–H and O–H groups in total. The van der Waals surface area contributed by atoms with Crippen molar-refractivity contribution in [1.29, 1.82) is 0 Å². The summed E-state index contributed by atoms with van der Waals surface area (Å²) < 4.78 is 89.0. The first-order valence-electron chi connectivity index (χ1n) is 8.31. The number of hydrogen-bond acceptors (Lipinski definition) is 3. The summed E-state index contributed by atoms with van der Waals surface area (Å²) in [5, 5.41) is 1.20. The Balaban J connectivity index is 2.13. The number of nitrogens with zero attached hydrogens (tertiary/aromatic N) is 1. The summed E-state index contributed by atoms with van der Waals surface area (Å²) in [6, 6.07) is 6.43. The lowest BCUT2D eigenvalue weighted by Crippen LogP contribution is -2.12. The van der Waals surface area contributed by atoms with E-state index in [0.717, 1.165) is 0 Å². The molecule has 9 heteroatoms. The van der Waals surface area contributed by atoms with Crippen molar-refractivity contribution in [2.45, 2.75) is 18.8 Å². The average molecular weight is 415 g/mol. The van der Waals surface area contributed by atoms with Gasteiger partial charge in [0.15, 0.2) is 11.5 Å². The number of methoxy groups -OCH3 is 2. The first-order valence-corrected chi connectivity index (χ1v) is 8.31. The summed E-state index contributed by atoms with van der Waals surface area (Å²) in [6.45, 7) is 0. The van der Waals surface area contributed by atoms with Crippen LogP contribution in [-0.2, 0) is 18.8 Å². The largest absolute Gasteiger partial charge is 0.493 e. The zero-order valence-electron chi connectivity index (χ0n) is 15.3. The third-order valence-electron chi connectivity index (χ3n) is 4.37. The summed E-state index contributed by atoms with van der Waals surface area (Å²) in [6.07, 6.45) is -8.60. The van der Waals surface area contributed by atoms with E-state index in [2.05, 4.69) is 4.98 Å². The molecule has 0 fully saturated rings. The molecule has 1 heterocycles. The molecule has 1 aromatic heterocycles. The maximum atomic E-state index is 13.1. The molecule has 3 rings (SSSR count). The van der Waals surface area contributed by atoms with Crippen molar-refractivity contribution >= 4 is 10.8 Å². The number of halogens is 6. The molecule has 0 spiro atoms. The first-order chi connectivity index (χ1) is 13.5. The fourth-order valence-electron chi connectivity index (χ4n) is 3.02. The van der Waals surface area contributed by atoms with Crippen molar-refractivity contribution in [3.8, 4) is 11.5 Å². The van der Waals surface area contributed by atoms with Crippen molar-refractivity contribution in [3.63, 3.8) is 0 Å². The number of aromatic nitrogens is 1. The van der Waals surface area contributed by atoms with Gasteiger partial charge in [0.25, 0.3) is 0 Å². The molecule has 0 aliphatic carbocycles. The lowest BCUT2D eigenvalue weighted by Gasteiger charge is -2.15. The van der Waals surface area contributed by atoms with Gasteiger partial charge in [0.1, 0.15) is 0 Å². The number of pyridine rings is 1. The Hall–Kier alpha value is -2.97. The first kappa shape index (κ1) is 20.8. The fraction of sp³-hybridized carbons (Fsp3) is 0.250. The molecule has 0 amide bonds. The smallest absolute Gasteiger partial charge is 0.416 e. The molecular weight excluding hydrogens is 400 g/mol. The Labute approximate surface area is 161 Å². The second kappa shape index (κ2) is 7.46. The topological polar surface area (TPSA) is 31.4 Å². The minimum atomic E-state index is -4.90. The molecule has 0 saturated carbocycles. The SMILES string of the molecule is COc1cc2ccnc(Cc3cc(C(F)(F)F)cc(C(F)(F)F)c3)c2cc1OC. The molecule has 0 atom stereocenters. The number of alkyl halides is 6. The zero-order chi connectivity index (χ0) is 21.4. The molecule has 0 bridgehead atoms. The Kier molecular flexibility index (Phi) is 5.34. The summed E-state index contributed by atoms with van der Waals surface area (Å²) >= 11 is 0. The Morgan fingerprint density at radius 1 is 0.793 bits per heavy atom. The summed E-state index contributed by atoms with van der Waals surface area (Å²) in [7, 11) is 2.87. The van der Waals surface area contributed by atoms with Crippen molar-refractivity contribution in [1.82, 2.24) is 4.98 Å². The highest BCUT2D eigenvalue weighted by Gasteiger charge is 2.36. The molecular formula is C20H15F6NO2. The van der Waals surface area contributed by atoms with E-state index in [1.165, 1.54) is 20.4 Å². The van der Waals surface area contributed by atoms with Gasteiger partial charge in [-0.05, 0) is 47.3 Å². The van der Waals surface area contributed by atoms with Gasteiger partial charge < -0.3 is 9.47 Å². The molecule has 0 unspecified atom stereocenters. The van der Waals surface area contributed by atoms with Gasteiger partial charge >= 0.3 is 12.4 Å². The fourth-order valence-corrected chi connectivity index (χ4v) is 3.02. The van der Waals surface area contributed by atoms with E-state index < -0.39 is 23.5 Å². The predicted molar refractivity (Wildman–Crippen MR) is 94.1 cm³/mol. The predicted octanol–water partition coefficient (Wildman–Crippen LogP) is 5.88. The average Bonchev–Trinajstić information content (AvgIpc) is 2.65. The summed E-state index contributed by atoms with van der Waals surface area (Å²) in [5.41, 5.74) is -2.55. The maximum Gasteiger partial charge on any atom is 0.416 e. The minimum Gasteiger partial charge on any atom is -0.493 e. The van der Waals surface area contributed by atoms with Crippen LogP contribution in [0, 0.1) is 0 Å². The van der Waals surface area contributed by atoms with Crippen LogP contribution in [0.15, 0.2) is 42.6 Å². The third kappa shape index (κ3) is 4.38. The van der Waals surface area contributed by atoms with Gasteiger partial charge in [-0.3, -0.25) is 4.98 Å². The van der Waals surface area contributed by atoms with Crippen LogP contribution in [0.4, 0.5) is 26.3 Å². The number of benzene rings is 2. The highest BCUT2D eigenvalue weighted by molar-refractivity contribution is 5.88. The van der Waals surface area contributed by atoms with E-state index in [4.69, 9.17) is 9.47 Å². The quantitative estimate of drug-likeness (QED) is 0.499. The van der Waals surface area contributed by atoms with Crippen LogP contribution in [0.2, 0.25) is 0 Å². The minimum absolute atomic E-state index is 0.105. The van der Waals surface area contributed by atoms with Crippen molar-refractivity contribution in [2.24, 2.45) is 0 Å². The molecule has 0 radical (unpaired) electrons. The van der Waals surface area contributed by atoms with Crippen LogP contribution in [0.5, 0.6) is 11.5 Å². The second-order valence-corrected chi connectivity index (χ2v) is 6.28. The normalized spacial score (nSPS) is 12.3. The van der Waals surface area contributed by atoms with Gasteiger partial charge in [0, 0.05) is 18.0 Å². The van der Waals surface area contributed by atoms with E-state index in [1.807, 2.05) is 0 Å².